The molecule has 0 saturated carbocycles. The quantitative estimate of drug-likeness (QED) is 0.107. The molecule has 0 bridgehead atoms. The molecular formula is C32H41ClN2O2. The molecule has 37 heavy (non-hydrogen) atoms. The van der Waals surface area contributed by atoms with E-state index in [4.69, 9.17) is 16.3 Å². The van der Waals surface area contributed by atoms with Gasteiger partial charge in [0.05, 0.1) is 5.56 Å². The third-order valence-corrected chi connectivity index (χ3v) is 7.04. The second-order valence-corrected chi connectivity index (χ2v) is 10.2. The van der Waals surface area contributed by atoms with Gasteiger partial charge in [0.15, 0.2) is 5.82 Å². The van der Waals surface area contributed by atoms with Crippen molar-refractivity contribution in [3.63, 3.8) is 0 Å². The molecule has 2 aromatic carbocycles. The van der Waals surface area contributed by atoms with Crippen LogP contribution in [-0.2, 0) is 12.8 Å². The summed E-state index contributed by atoms with van der Waals surface area (Å²) in [6.45, 7) is 4.46. The predicted molar refractivity (Wildman–Crippen MR) is 153 cm³/mol. The molecule has 0 fully saturated rings. The zero-order chi connectivity index (χ0) is 26.3. The van der Waals surface area contributed by atoms with Crippen LogP contribution in [0.15, 0.2) is 54.9 Å². The highest BCUT2D eigenvalue weighted by Gasteiger charge is 2.12. The van der Waals surface area contributed by atoms with Crippen molar-refractivity contribution < 1.29 is 9.53 Å². The molecule has 0 unspecified atom stereocenters. The molecule has 0 spiro atoms. The van der Waals surface area contributed by atoms with E-state index in [1.54, 1.807) is 24.3 Å². The predicted octanol–water partition coefficient (Wildman–Crippen LogP) is 9.43. The van der Waals surface area contributed by atoms with Gasteiger partial charge in [-0.15, -0.1) is 0 Å². The van der Waals surface area contributed by atoms with Crippen LogP contribution in [0.2, 0.25) is 5.02 Å². The standard InChI is InChI=1S/C32H41ClN2O2/c1-3-5-7-9-11-13-15-26-16-17-28(22-30(26)33)32(36)37-29-20-18-27(19-21-29)31-34-23-25(24-35-31)14-12-10-8-6-4-2/h16-24H,3-15H2,1-2H3. The van der Waals surface area contributed by atoms with Crippen molar-refractivity contribution >= 4 is 17.6 Å². The second-order valence-electron chi connectivity index (χ2n) is 9.82. The summed E-state index contributed by atoms with van der Waals surface area (Å²) in [6.07, 6.45) is 19.5. The Morgan fingerprint density at radius 3 is 1.97 bits per heavy atom. The number of aromatic nitrogens is 2. The van der Waals surface area contributed by atoms with Gasteiger partial charge in [-0.2, -0.15) is 0 Å². The lowest BCUT2D eigenvalue weighted by atomic mass is 10.0. The van der Waals surface area contributed by atoms with Gasteiger partial charge in [0.1, 0.15) is 5.75 Å². The third-order valence-electron chi connectivity index (χ3n) is 6.69. The summed E-state index contributed by atoms with van der Waals surface area (Å²) in [5.74, 6) is 0.727. The Morgan fingerprint density at radius 1 is 0.757 bits per heavy atom. The van der Waals surface area contributed by atoms with Crippen LogP contribution in [0.5, 0.6) is 5.75 Å². The molecule has 0 saturated heterocycles. The molecule has 0 aliphatic heterocycles. The fraction of sp³-hybridized carbons (Fsp3) is 0.469. The van der Waals surface area contributed by atoms with E-state index in [2.05, 4.69) is 23.8 Å². The van der Waals surface area contributed by atoms with Gasteiger partial charge in [0.25, 0.3) is 0 Å². The van der Waals surface area contributed by atoms with Crippen LogP contribution in [0.4, 0.5) is 0 Å². The molecule has 3 rings (SSSR count). The first-order valence-electron chi connectivity index (χ1n) is 14.0. The lowest BCUT2D eigenvalue weighted by molar-refractivity contribution is 0.0734. The fourth-order valence-electron chi connectivity index (χ4n) is 4.38. The molecule has 0 amide bonds. The number of hydrogen-bond donors (Lipinski definition) is 0. The average Bonchev–Trinajstić information content (AvgIpc) is 2.92. The van der Waals surface area contributed by atoms with Crippen molar-refractivity contribution in [3.05, 3.63) is 76.6 Å². The maximum absolute atomic E-state index is 12.7. The maximum Gasteiger partial charge on any atom is 0.343 e. The minimum atomic E-state index is -0.416. The Bertz CT molecular complexity index is 1080. The number of unbranched alkanes of at least 4 members (excludes halogenated alkanes) is 9. The van der Waals surface area contributed by atoms with Crippen LogP contribution in [0.3, 0.4) is 0 Å². The van der Waals surface area contributed by atoms with E-state index in [0.717, 1.165) is 30.4 Å². The number of aryl methyl sites for hydroxylation is 2. The zero-order valence-electron chi connectivity index (χ0n) is 22.5. The number of ether oxygens (including phenoxy) is 1. The largest absolute Gasteiger partial charge is 0.423 e. The van der Waals surface area contributed by atoms with Gasteiger partial charge in [-0.05, 0) is 73.2 Å². The van der Waals surface area contributed by atoms with Crippen molar-refractivity contribution in [2.45, 2.75) is 97.3 Å². The first kappa shape index (κ1) is 28.8. The van der Waals surface area contributed by atoms with E-state index in [1.807, 2.05) is 30.6 Å². The second kappa shape index (κ2) is 16.2. The number of esters is 1. The summed E-state index contributed by atoms with van der Waals surface area (Å²) in [6, 6.07) is 12.7. The van der Waals surface area contributed by atoms with E-state index in [9.17, 15) is 4.79 Å². The molecule has 0 radical (unpaired) electrons. The van der Waals surface area contributed by atoms with Crippen LogP contribution in [0, 0.1) is 0 Å². The van der Waals surface area contributed by atoms with E-state index in [0.29, 0.717) is 22.2 Å². The van der Waals surface area contributed by atoms with Crippen molar-refractivity contribution in [3.8, 4) is 17.1 Å². The van der Waals surface area contributed by atoms with Gasteiger partial charge >= 0.3 is 5.97 Å². The Balaban J connectivity index is 1.48. The van der Waals surface area contributed by atoms with Gasteiger partial charge in [0.2, 0.25) is 0 Å². The SMILES string of the molecule is CCCCCCCCc1ccc(C(=O)Oc2ccc(-c3ncc(CCCCCCC)cn3)cc2)cc1Cl. The minimum absolute atomic E-state index is 0.416. The first-order chi connectivity index (χ1) is 18.1. The highest BCUT2D eigenvalue weighted by atomic mass is 35.5. The summed E-state index contributed by atoms with van der Waals surface area (Å²) < 4.78 is 5.58. The number of benzene rings is 2. The summed E-state index contributed by atoms with van der Waals surface area (Å²) >= 11 is 6.47. The van der Waals surface area contributed by atoms with Crippen LogP contribution in [-0.4, -0.2) is 15.9 Å². The zero-order valence-corrected chi connectivity index (χ0v) is 23.2. The fourth-order valence-corrected chi connectivity index (χ4v) is 4.65. The number of halogens is 1. The first-order valence-corrected chi connectivity index (χ1v) is 14.4. The molecule has 198 valence electrons. The normalized spacial score (nSPS) is 11.0. The number of rotatable bonds is 16. The average molecular weight is 521 g/mol. The van der Waals surface area contributed by atoms with E-state index in [-0.39, 0.29) is 0 Å². The summed E-state index contributed by atoms with van der Waals surface area (Å²) in [4.78, 5) is 21.7. The summed E-state index contributed by atoms with van der Waals surface area (Å²) in [5, 5.41) is 0.625. The Kier molecular flexibility index (Phi) is 12.6. The van der Waals surface area contributed by atoms with Crippen molar-refractivity contribution in [1.29, 1.82) is 0 Å². The van der Waals surface area contributed by atoms with Crippen molar-refractivity contribution in [2.75, 3.05) is 0 Å². The van der Waals surface area contributed by atoms with Gasteiger partial charge in [-0.25, -0.2) is 14.8 Å². The molecular weight excluding hydrogens is 480 g/mol. The van der Waals surface area contributed by atoms with Crippen LogP contribution >= 0.6 is 11.6 Å². The molecule has 5 heteroatoms. The number of nitrogens with zero attached hydrogens (tertiary/aromatic N) is 2. The lowest BCUT2D eigenvalue weighted by Crippen LogP contribution is -2.08. The van der Waals surface area contributed by atoms with E-state index >= 15 is 0 Å². The highest BCUT2D eigenvalue weighted by Crippen LogP contribution is 2.24. The summed E-state index contributed by atoms with van der Waals surface area (Å²) in [5.41, 5.74) is 3.59. The smallest absolute Gasteiger partial charge is 0.343 e. The molecule has 1 aromatic heterocycles. The van der Waals surface area contributed by atoms with Crippen LogP contribution < -0.4 is 4.74 Å². The lowest BCUT2D eigenvalue weighted by Gasteiger charge is -2.09. The Hall–Kier alpha value is -2.72. The van der Waals surface area contributed by atoms with Gasteiger partial charge in [0, 0.05) is 23.0 Å². The minimum Gasteiger partial charge on any atom is -0.423 e. The molecule has 0 aliphatic carbocycles. The molecule has 4 nitrogen and oxygen atoms in total. The molecule has 3 aromatic rings. The molecule has 0 atom stereocenters. The maximum atomic E-state index is 12.7. The Morgan fingerprint density at radius 2 is 1.35 bits per heavy atom. The Labute approximate surface area is 227 Å². The monoisotopic (exact) mass is 520 g/mol. The van der Waals surface area contributed by atoms with E-state index in [1.165, 1.54) is 69.8 Å². The van der Waals surface area contributed by atoms with Gasteiger partial charge in [-0.3, -0.25) is 0 Å². The third kappa shape index (κ3) is 9.92. The van der Waals surface area contributed by atoms with Crippen LogP contribution in [0.1, 0.15) is 106 Å². The number of hydrogen-bond acceptors (Lipinski definition) is 4. The van der Waals surface area contributed by atoms with E-state index < -0.39 is 5.97 Å². The highest BCUT2D eigenvalue weighted by molar-refractivity contribution is 6.31. The number of carbonyl (C=O) groups excluding carboxylic acids is 1. The van der Waals surface area contributed by atoms with Crippen molar-refractivity contribution in [2.24, 2.45) is 0 Å². The topological polar surface area (TPSA) is 52.1 Å². The van der Waals surface area contributed by atoms with Gasteiger partial charge in [-0.1, -0.05) is 89.3 Å². The molecule has 1 heterocycles. The molecule has 0 N–H and O–H groups in total. The van der Waals surface area contributed by atoms with Gasteiger partial charge < -0.3 is 4.74 Å². The summed E-state index contributed by atoms with van der Waals surface area (Å²) in [7, 11) is 0. The molecule has 0 aliphatic rings. The van der Waals surface area contributed by atoms with Crippen LogP contribution in [0.25, 0.3) is 11.4 Å². The van der Waals surface area contributed by atoms with Crippen molar-refractivity contribution in [1.82, 2.24) is 9.97 Å². The number of carbonyl (C=O) groups is 1.